The maximum atomic E-state index is 13.2. The van der Waals surface area contributed by atoms with Gasteiger partial charge >= 0.3 is 0 Å². The molecule has 4 rings (SSSR count). The van der Waals surface area contributed by atoms with Crippen LogP contribution in [0, 0.1) is 0 Å². The molecule has 6 heteroatoms. The molecule has 2 aromatic heterocycles. The second kappa shape index (κ2) is 7.72. The first kappa shape index (κ1) is 19.2. The van der Waals surface area contributed by atoms with Gasteiger partial charge in [0.25, 0.3) is 11.5 Å². The second-order valence-corrected chi connectivity index (χ2v) is 7.74. The number of ether oxygens (including phenoxy) is 1. The van der Waals surface area contributed by atoms with E-state index in [-0.39, 0.29) is 11.5 Å². The van der Waals surface area contributed by atoms with Gasteiger partial charge in [0.15, 0.2) is 0 Å². The van der Waals surface area contributed by atoms with Crippen LogP contribution in [-0.4, -0.2) is 24.1 Å². The SMILES string of the molecule is CCOc1ccccc1N(C)C(=O)c1cc2c(=O)n(CC)c3ccccc3c2s1. The summed E-state index contributed by atoms with van der Waals surface area (Å²) in [5, 5.41) is 1.58. The Labute approximate surface area is 172 Å². The lowest BCUT2D eigenvalue weighted by Crippen LogP contribution is -2.26. The average molecular weight is 407 g/mol. The topological polar surface area (TPSA) is 51.5 Å². The van der Waals surface area contributed by atoms with Crippen LogP contribution in [0.2, 0.25) is 0 Å². The largest absolute Gasteiger partial charge is 0.492 e. The Morgan fingerprint density at radius 1 is 1.07 bits per heavy atom. The van der Waals surface area contributed by atoms with Gasteiger partial charge in [0.2, 0.25) is 0 Å². The van der Waals surface area contributed by atoms with Crippen molar-refractivity contribution in [3.05, 3.63) is 69.8 Å². The first-order chi connectivity index (χ1) is 14.1. The molecule has 0 N–H and O–H groups in total. The average Bonchev–Trinajstić information content (AvgIpc) is 3.20. The molecule has 4 aromatic rings. The second-order valence-electron chi connectivity index (χ2n) is 6.68. The van der Waals surface area contributed by atoms with E-state index in [9.17, 15) is 9.59 Å². The number of para-hydroxylation sites is 3. The van der Waals surface area contributed by atoms with E-state index in [1.54, 1.807) is 22.6 Å². The van der Waals surface area contributed by atoms with Crippen molar-refractivity contribution in [2.45, 2.75) is 20.4 Å². The normalized spacial score (nSPS) is 11.1. The molecule has 0 spiro atoms. The number of thiophene rings is 1. The van der Waals surface area contributed by atoms with Gasteiger partial charge in [-0.05, 0) is 38.1 Å². The fraction of sp³-hybridized carbons (Fsp3) is 0.217. The van der Waals surface area contributed by atoms with Gasteiger partial charge in [-0.3, -0.25) is 9.59 Å². The summed E-state index contributed by atoms with van der Waals surface area (Å²) in [6.45, 7) is 4.96. The summed E-state index contributed by atoms with van der Waals surface area (Å²) in [6, 6.07) is 17.0. The van der Waals surface area contributed by atoms with E-state index in [1.807, 2.05) is 62.4 Å². The number of carbonyl (C=O) groups excluding carboxylic acids is 1. The summed E-state index contributed by atoms with van der Waals surface area (Å²) >= 11 is 1.37. The van der Waals surface area contributed by atoms with Crippen molar-refractivity contribution in [3.8, 4) is 5.75 Å². The molecule has 2 aromatic carbocycles. The van der Waals surface area contributed by atoms with Gasteiger partial charge in [0, 0.05) is 23.7 Å². The Balaban J connectivity index is 1.85. The summed E-state index contributed by atoms with van der Waals surface area (Å²) in [5.41, 5.74) is 1.53. The molecule has 0 atom stereocenters. The highest BCUT2D eigenvalue weighted by Crippen LogP contribution is 2.33. The Morgan fingerprint density at radius 2 is 1.79 bits per heavy atom. The zero-order chi connectivity index (χ0) is 20.5. The fourth-order valence-electron chi connectivity index (χ4n) is 3.61. The number of pyridine rings is 1. The molecule has 0 aliphatic rings. The van der Waals surface area contributed by atoms with E-state index < -0.39 is 0 Å². The van der Waals surface area contributed by atoms with Crippen LogP contribution in [0.25, 0.3) is 21.0 Å². The molecule has 0 fully saturated rings. The van der Waals surface area contributed by atoms with Crippen LogP contribution in [0.5, 0.6) is 5.75 Å². The number of aryl methyl sites for hydroxylation is 1. The third-order valence-electron chi connectivity index (χ3n) is 5.01. The van der Waals surface area contributed by atoms with E-state index >= 15 is 0 Å². The van der Waals surface area contributed by atoms with Gasteiger partial charge in [-0.2, -0.15) is 0 Å². The van der Waals surface area contributed by atoms with E-state index in [4.69, 9.17) is 4.74 Å². The van der Waals surface area contributed by atoms with Crippen molar-refractivity contribution in [2.24, 2.45) is 0 Å². The molecule has 0 aliphatic carbocycles. The lowest BCUT2D eigenvalue weighted by atomic mass is 10.1. The highest BCUT2D eigenvalue weighted by atomic mass is 32.1. The Hall–Kier alpha value is -3.12. The molecular formula is C23H22N2O3S. The molecule has 0 unspecified atom stereocenters. The molecule has 1 amide bonds. The number of rotatable bonds is 5. The van der Waals surface area contributed by atoms with Gasteiger partial charge in [0.1, 0.15) is 5.75 Å². The van der Waals surface area contributed by atoms with Crippen LogP contribution < -0.4 is 15.2 Å². The summed E-state index contributed by atoms with van der Waals surface area (Å²) in [6.07, 6.45) is 0. The number of benzene rings is 2. The standard InChI is InChI=1S/C23H22N2O3S/c1-4-25-17-11-7-6-10-15(17)21-16(22(25)26)14-20(29-21)23(27)24(3)18-12-8-9-13-19(18)28-5-2/h6-14H,4-5H2,1-3H3. The van der Waals surface area contributed by atoms with Gasteiger partial charge < -0.3 is 14.2 Å². The van der Waals surface area contributed by atoms with Crippen LogP contribution >= 0.6 is 11.3 Å². The summed E-state index contributed by atoms with van der Waals surface area (Å²) < 4.78 is 8.28. The van der Waals surface area contributed by atoms with E-state index in [1.165, 1.54) is 11.3 Å². The Morgan fingerprint density at radius 3 is 2.55 bits per heavy atom. The molecule has 0 saturated carbocycles. The molecule has 148 valence electrons. The minimum absolute atomic E-state index is 0.0612. The maximum Gasteiger partial charge on any atom is 0.268 e. The number of hydrogen-bond acceptors (Lipinski definition) is 4. The Bertz CT molecular complexity index is 1270. The van der Waals surface area contributed by atoms with Crippen molar-refractivity contribution in [1.82, 2.24) is 4.57 Å². The number of hydrogen-bond donors (Lipinski definition) is 0. The minimum Gasteiger partial charge on any atom is -0.492 e. The van der Waals surface area contributed by atoms with Gasteiger partial charge in [-0.1, -0.05) is 30.3 Å². The quantitative estimate of drug-likeness (QED) is 0.473. The van der Waals surface area contributed by atoms with Crippen molar-refractivity contribution in [2.75, 3.05) is 18.6 Å². The minimum atomic E-state index is -0.162. The number of amides is 1. The Kier molecular flexibility index (Phi) is 5.11. The molecule has 0 saturated heterocycles. The molecular weight excluding hydrogens is 384 g/mol. The smallest absolute Gasteiger partial charge is 0.268 e. The van der Waals surface area contributed by atoms with Crippen molar-refractivity contribution in [3.63, 3.8) is 0 Å². The number of anilines is 1. The molecule has 5 nitrogen and oxygen atoms in total. The van der Waals surface area contributed by atoms with E-state index in [0.29, 0.717) is 34.9 Å². The zero-order valence-electron chi connectivity index (χ0n) is 16.6. The summed E-state index contributed by atoms with van der Waals surface area (Å²) in [5.74, 6) is 0.496. The molecule has 0 radical (unpaired) electrons. The number of fused-ring (bicyclic) bond motifs is 3. The molecule has 0 aliphatic heterocycles. The zero-order valence-corrected chi connectivity index (χ0v) is 17.5. The van der Waals surface area contributed by atoms with Crippen LogP contribution in [0.15, 0.2) is 59.4 Å². The van der Waals surface area contributed by atoms with Crippen molar-refractivity contribution in [1.29, 1.82) is 0 Å². The van der Waals surface area contributed by atoms with E-state index in [2.05, 4.69) is 0 Å². The summed E-state index contributed by atoms with van der Waals surface area (Å²) in [4.78, 5) is 28.4. The lowest BCUT2D eigenvalue weighted by Gasteiger charge is -2.19. The van der Waals surface area contributed by atoms with Gasteiger partial charge in [-0.25, -0.2) is 0 Å². The predicted molar refractivity (Wildman–Crippen MR) is 120 cm³/mol. The van der Waals surface area contributed by atoms with Gasteiger partial charge in [0.05, 0.1) is 28.1 Å². The highest BCUT2D eigenvalue weighted by molar-refractivity contribution is 7.21. The highest BCUT2D eigenvalue weighted by Gasteiger charge is 2.21. The van der Waals surface area contributed by atoms with Gasteiger partial charge in [-0.15, -0.1) is 11.3 Å². The van der Waals surface area contributed by atoms with Crippen LogP contribution in [0.1, 0.15) is 23.5 Å². The third kappa shape index (κ3) is 3.19. The van der Waals surface area contributed by atoms with Crippen molar-refractivity contribution < 1.29 is 9.53 Å². The maximum absolute atomic E-state index is 13.2. The molecule has 29 heavy (non-hydrogen) atoms. The summed E-state index contributed by atoms with van der Waals surface area (Å²) in [7, 11) is 1.73. The first-order valence-corrected chi connectivity index (χ1v) is 10.4. The molecule has 2 heterocycles. The van der Waals surface area contributed by atoms with Crippen LogP contribution in [-0.2, 0) is 6.54 Å². The van der Waals surface area contributed by atoms with Crippen LogP contribution in [0.3, 0.4) is 0 Å². The fourth-order valence-corrected chi connectivity index (χ4v) is 4.77. The number of aromatic nitrogens is 1. The van der Waals surface area contributed by atoms with Crippen LogP contribution in [0.4, 0.5) is 5.69 Å². The first-order valence-electron chi connectivity index (χ1n) is 9.61. The number of carbonyl (C=O) groups is 1. The van der Waals surface area contributed by atoms with E-state index in [0.717, 1.165) is 15.6 Å². The molecule has 0 bridgehead atoms. The third-order valence-corrected chi connectivity index (χ3v) is 6.16. The van der Waals surface area contributed by atoms with Crippen molar-refractivity contribution >= 4 is 43.9 Å². The predicted octanol–water partition coefficient (Wildman–Crippen LogP) is 4.91. The lowest BCUT2D eigenvalue weighted by molar-refractivity contribution is 0.0996. The monoisotopic (exact) mass is 406 g/mol. The number of nitrogens with zero attached hydrogens (tertiary/aromatic N) is 2.